The minimum Gasteiger partial charge on any atom is -0.491 e. The van der Waals surface area contributed by atoms with E-state index < -0.39 is 0 Å². The zero-order valence-corrected chi connectivity index (χ0v) is 10.4. The molecule has 1 aromatic heterocycles. The number of carbonyl (C=O) groups excluding carboxylic acids is 1. The molecular formula is C11H13N3O2S. The molecule has 2 rings (SSSR count). The zero-order chi connectivity index (χ0) is 12.4. The van der Waals surface area contributed by atoms with Gasteiger partial charge in [-0.05, 0) is 13.0 Å². The summed E-state index contributed by atoms with van der Waals surface area (Å²) in [4.78, 5) is 15.2. The first kappa shape index (κ1) is 11.7. The lowest BCUT2D eigenvalue weighted by Crippen LogP contribution is -2.06. The summed E-state index contributed by atoms with van der Waals surface area (Å²) in [5.74, 6) is 0.519. The van der Waals surface area contributed by atoms with E-state index in [1.807, 2.05) is 13.0 Å². The first-order valence-corrected chi connectivity index (χ1v) is 6.02. The molecule has 90 valence electrons. The molecule has 5 nitrogen and oxygen atoms in total. The number of nitrogen functional groups attached to an aromatic ring is 1. The monoisotopic (exact) mass is 251 g/mol. The Morgan fingerprint density at radius 3 is 3.00 bits per heavy atom. The Bertz CT molecular complexity index is 565. The van der Waals surface area contributed by atoms with E-state index in [1.165, 1.54) is 18.3 Å². The Hall–Kier alpha value is -1.82. The summed E-state index contributed by atoms with van der Waals surface area (Å²) < 4.78 is 6.39. The van der Waals surface area contributed by atoms with Gasteiger partial charge in [0, 0.05) is 18.7 Å². The van der Waals surface area contributed by atoms with E-state index in [0.717, 1.165) is 10.2 Å². The molecule has 0 fully saturated rings. The van der Waals surface area contributed by atoms with Crippen LogP contribution in [-0.4, -0.2) is 17.5 Å². The normalized spacial score (nSPS) is 10.5. The number of nitrogens with zero attached hydrogens (tertiary/aromatic N) is 1. The molecule has 1 amide bonds. The Morgan fingerprint density at radius 1 is 1.59 bits per heavy atom. The summed E-state index contributed by atoms with van der Waals surface area (Å²) in [6.07, 6.45) is 0. The van der Waals surface area contributed by atoms with Crippen molar-refractivity contribution < 1.29 is 9.53 Å². The smallest absolute Gasteiger partial charge is 0.221 e. The van der Waals surface area contributed by atoms with Crippen LogP contribution in [0.4, 0.5) is 10.8 Å². The van der Waals surface area contributed by atoms with Gasteiger partial charge >= 0.3 is 0 Å². The molecule has 0 aliphatic rings. The van der Waals surface area contributed by atoms with Gasteiger partial charge in [-0.1, -0.05) is 11.3 Å². The highest BCUT2D eigenvalue weighted by Crippen LogP contribution is 2.34. The molecule has 0 aliphatic carbocycles. The number of hydrogen-bond donors (Lipinski definition) is 2. The quantitative estimate of drug-likeness (QED) is 0.877. The highest BCUT2D eigenvalue weighted by molar-refractivity contribution is 7.22. The van der Waals surface area contributed by atoms with Crippen LogP contribution >= 0.6 is 11.3 Å². The lowest BCUT2D eigenvalue weighted by atomic mass is 10.2. The van der Waals surface area contributed by atoms with Crippen molar-refractivity contribution >= 4 is 38.3 Å². The molecule has 0 atom stereocenters. The number of amides is 1. The van der Waals surface area contributed by atoms with Crippen LogP contribution in [0.5, 0.6) is 5.75 Å². The molecule has 1 aromatic carbocycles. The topological polar surface area (TPSA) is 77.2 Å². The molecule has 0 saturated heterocycles. The maximum Gasteiger partial charge on any atom is 0.221 e. The number of nitrogens with two attached hydrogens (primary N) is 1. The van der Waals surface area contributed by atoms with Crippen molar-refractivity contribution in [2.24, 2.45) is 0 Å². The molecule has 6 heteroatoms. The van der Waals surface area contributed by atoms with Crippen molar-refractivity contribution in [3.05, 3.63) is 12.1 Å². The van der Waals surface area contributed by atoms with Crippen molar-refractivity contribution in [3.8, 4) is 5.75 Å². The summed E-state index contributed by atoms with van der Waals surface area (Å²) >= 11 is 1.37. The second-order valence-corrected chi connectivity index (χ2v) is 4.55. The summed E-state index contributed by atoms with van der Waals surface area (Å²) in [5, 5.41) is 3.21. The van der Waals surface area contributed by atoms with Gasteiger partial charge in [0.05, 0.1) is 11.3 Å². The molecule has 0 unspecified atom stereocenters. The number of anilines is 2. The maximum absolute atomic E-state index is 11.0. The van der Waals surface area contributed by atoms with Gasteiger partial charge in [0.15, 0.2) is 5.13 Å². The van der Waals surface area contributed by atoms with Crippen LogP contribution in [0, 0.1) is 0 Å². The third kappa shape index (κ3) is 2.47. The lowest BCUT2D eigenvalue weighted by Gasteiger charge is -2.07. The first-order chi connectivity index (χ1) is 8.10. The number of hydrogen-bond acceptors (Lipinski definition) is 5. The van der Waals surface area contributed by atoms with Gasteiger partial charge in [-0.3, -0.25) is 4.79 Å². The summed E-state index contributed by atoms with van der Waals surface area (Å²) in [7, 11) is 0. The number of rotatable bonds is 3. The largest absolute Gasteiger partial charge is 0.491 e. The highest BCUT2D eigenvalue weighted by Gasteiger charge is 2.10. The van der Waals surface area contributed by atoms with Crippen molar-refractivity contribution in [3.63, 3.8) is 0 Å². The van der Waals surface area contributed by atoms with Crippen molar-refractivity contribution in [1.29, 1.82) is 0 Å². The van der Waals surface area contributed by atoms with Gasteiger partial charge in [-0.2, -0.15) is 0 Å². The molecule has 17 heavy (non-hydrogen) atoms. The molecule has 0 saturated carbocycles. The van der Waals surface area contributed by atoms with E-state index in [4.69, 9.17) is 10.5 Å². The van der Waals surface area contributed by atoms with Crippen molar-refractivity contribution in [2.75, 3.05) is 17.7 Å². The third-order valence-corrected chi connectivity index (χ3v) is 2.93. The predicted octanol–water partition coefficient (Wildman–Crippen LogP) is 2.24. The summed E-state index contributed by atoms with van der Waals surface area (Å²) in [5.41, 5.74) is 7.10. The molecule has 0 aliphatic heterocycles. The number of thiazole rings is 1. The maximum atomic E-state index is 11.0. The van der Waals surface area contributed by atoms with Crippen molar-refractivity contribution in [1.82, 2.24) is 4.98 Å². The average Bonchev–Trinajstić information content (AvgIpc) is 2.58. The van der Waals surface area contributed by atoms with E-state index in [9.17, 15) is 4.79 Å². The number of nitrogens with one attached hydrogen (secondary N) is 1. The predicted molar refractivity (Wildman–Crippen MR) is 69.5 cm³/mol. The van der Waals surface area contributed by atoms with Gasteiger partial charge in [-0.15, -0.1) is 0 Å². The standard InChI is InChI=1S/C11H13N3O2S/c1-3-16-8-4-7(13-6(2)15)5-9-10(8)14-11(12)17-9/h4-5H,3H2,1-2H3,(H2,12,14)(H,13,15). The van der Waals surface area contributed by atoms with Gasteiger partial charge in [0.25, 0.3) is 0 Å². The van der Waals surface area contributed by atoms with Crippen LogP contribution in [-0.2, 0) is 4.79 Å². The van der Waals surface area contributed by atoms with Crippen molar-refractivity contribution in [2.45, 2.75) is 13.8 Å². The molecular weight excluding hydrogens is 238 g/mol. The minimum atomic E-state index is -0.121. The molecule has 1 heterocycles. The Kier molecular flexibility index (Phi) is 3.14. The van der Waals surface area contributed by atoms with Crippen LogP contribution in [0.1, 0.15) is 13.8 Å². The van der Waals surface area contributed by atoms with Gasteiger partial charge in [0.1, 0.15) is 11.3 Å². The van der Waals surface area contributed by atoms with Crippen LogP contribution < -0.4 is 15.8 Å². The van der Waals surface area contributed by atoms with E-state index >= 15 is 0 Å². The fourth-order valence-corrected chi connectivity index (χ4v) is 2.35. The van der Waals surface area contributed by atoms with Gasteiger partial charge < -0.3 is 15.8 Å². The van der Waals surface area contributed by atoms with Crippen LogP contribution in [0.25, 0.3) is 10.2 Å². The first-order valence-electron chi connectivity index (χ1n) is 5.20. The minimum absolute atomic E-state index is 0.121. The molecule has 0 radical (unpaired) electrons. The van der Waals surface area contributed by atoms with E-state index in [0.29, 0.717) is 23.2 Å². The van der Waals surface area contributed by atoms with Gasteiger partial charge in [0.2, 0.25) is 5.91 Å². The number of aromatic nitrogens is 1. The Morgan fingerprint density at radius 2 is 2.35 bits per heavy atom. The summed E-state index contributed by atoms with van der Waals surface area (Å²) in [6, 6.07) is 3.60. The van der Waals surface area contributed by atoms with Gasteiger partial charge in [-0.25, -0.2) is 4.98 Å². The Balaban J connectivity index is 2.53. The average molecular weight is 251 g/mol. The number of ether oxygens (including phenoxy) is 1. The fourth-order valence-electron chi connectivity index (χ4n) is 1.56. The van der Waals surface area contributed by atoms with Crippen LogP contribution in [0.2, 0.25) is 0 Å². The second kappa shape index (κ2) is 4.58. The zero-order valence-electron chi connectivity index (χ0n) is 9.61. The Labute approximate surface area is 103 Å². The van der Waals surface area contributed by atoms with Crippen LogP contribution in [0.15, 0.2) is 12.1 Å². The van der Waals surface area contributed by atoms with Crippen LogP contribution in [0.3, 0.4) is 0 Å². The molecule has 3 N–H and O–H groups in total. The fraction of sp³-hybridized carbons (Fsp3) is 0.273. The van der Waals surface area contributed by atoms with E-state index in [-0.39, 0.29) is 5.91 Å². The summed E-state index contributed by atoms with van der Waals surface area (Å²) in [6.45, 7) is 3.90. The lowest BCUT2D eigenvalue weighted by molar-refractivity contribution is -0.114. The third-order valence-electron chi connectivity index (χ3n) is 2.10. The highest BCUT2D eigenvalue weighted by atomic mass is 32.1. The number of benzene rings is 1. The van der Waals surface area contributed by atoms with E-state index in [1.54, 1.807) is 6.07 Å². The second-order valence-electron chi connectivity index (χ2n) is 3.49. The molecule has 2 aromatic rings. The number of fused-ring (bicyclic) bond motifs is 1. The molecule has 0 bridgehead atoms. The van der Waals surface area contributed by atoms with E-state index in [2.05, 4.69) is 10.3 Å². The SMILES string of the molecule is CCOc1cc(NC(C)=O)cc2sc(N)nc12. The molecule has 0 spiro atoms. The number of carbonyl (C=O) groups is 1.